The van der Waals surface area contributed by atoms with E-state index in [1.165, 1.54) is 12.1 Å². The maximum atomic E-state index is 12.3. The Kier molecular flexibility index (Phi) is 5.38. The van der Waals surface area contributed by atoms with E-state index in [1.807, 2.05) is 23.6 Å². The number of carbonyl (C=O) groups excluding carboxylic acids is 1. The summed E-state index contributed by atoms with van der Waals surface area (Å²) in [6, 6.07) is 13.4. The zero-order valence-corrected chi connectivity index (χ0v) is 16.6. The van der Waals surface area contributed by atoms with Gasteiger partial charge < -0.3 is 21.1 Å². The number of rotatable bonds is 4. The van der Waals surface area contributed by atoms with Crippen LogP contribution in [0.4, 0.5) is 35.2 Å². The van der Waals surface area contributed by atoms with Gasteiger partial charge in [0.05, 0.1) is 0 Å². The molecule has 0 aliphatic carbocycles. The lowest BCUT2D eigenvalue weighted by Gasteiger charge is -2.11. The van der Waals surface area contributed by atoms with Crippen molar-refractivity contribution in [2.24, 2.45) is 0 Å². The molecular weight excluding hydrogens is 429 g/mol. The number of pyridine rings is 1. The first-order chi connectivity index (χ1) is 14.8. The highest BCUT2D eigenvalue weighted by Crippen LogP contribution is 2.36. The van der Waals surface area contributed by atoms with Crippen LogP contribution < -0.4 is 21.1 Å². The molecule has 2 heterocycles. The number of thiophene rings is 1. The number of carbonyl (C=O) groups is 1. The average molecular weight is 444 g/mol. The normalized spacial score (nSPS) is 11.3. The summed E-state index contributed by atoms with van der Waals surface area (Å²) in [5.74, 6) is 0.0264. The largest absolute Gasteiger partial charge is 0.573 e. The molecule has 0 atom stereocenters. The van der Waals surface area contributed by atoms with Crippen molar-refractivity contribution < 1.29 is 22.7 Å². The fourth-order valence-electron chi connectivity index (χ4n) is 3.02. The summed E-state index contributed by atoms with van der Waals surface area (Å²) in [5, 5.41) is 7.98. The smallest absolute Gasteiger partial charge is 0.406 e. The summed E-state index contributed by atoms with van der Waals surface area (Å²) in [5.41, 5.74) is 8.53. The number of amides is 2. The van der Waals surface area contributed by atoms with Crippen molar-refractivity contribution in [3.63, 3.8) is 0 Å². The molecule has 31 heavy (non-hydrogen) atoms. The van der Waals surface area contributed by atoms with E-state index < -0.39 is 18.1 Å². The Bertz CT molecular complexity index is 1240. The Morgan fingerprint density at radius 1 is 1.03 bits per heavy atom. The molecule has 0 aliphatic heterocycles. The van der Waals surface area contributed by atoms with E-state index in [-0.39, 0.29) is 5.69 Å². The van der Waals surface area contributed by atoms with Crippen molar-refractivity contribution in [1.82, 2.24) is 4.98 Å². The van der Waals surface area contributed by atoms with Crippen LogP contribution in [0.1, 0.15) is 0 Å². The molecular formula is C21H15F3N4O2S. The fraction of sp³-hybridized carbons (Fsp3) is 0.0476. The predicted octanol–water partition coefficient (Wildman–Crippen LogP) is 6.09. The zero-order chi connectivity index (χ0) is 22.0. The third kappa shape index (κ3) is 4.86. The molecule has 0 fully saturated rings. The summed E-state index contributed by atoms with van der Waals surface area (Å²) < 4.78 is 41.9. The molecule has 158 valence electrons. The quantitative estimate of drug-likeness (QED) is 0.355. The lowest BCUT2D eigenvalue weighted by atomic mass is 10.1. The summed E-state index contributed by atoms with van der Waals surface area (Å²) in [6.07, 6.45) is -3.15. The van der Waals surface area contributed by atoms with Gasteiger partial charge in [0, 0.05) is 39.3 Å². The van der Waals surface area contributed by atoms with Gasteiger partial charge >= 0.3 is 12.4 Å². The molecule has 2 amide bonds. The summed E-state index contributed by atoms with van der Waals surface area (Å²) >= 11 is 1.56. The number of alkyl halides is 3. The maximum Gasteiger partial charge on any atom is 0.573 e. The van der Waals surface area contributed by atoms with E-state index in [2.05, 4.69) is 20.4 Å². The van der Waals surface area contributed by atoms with Gasteiger partial charge in [-0.15, -0.1) is 24.5 Å². The van der Waals surface area contributed by atoms with Gasteiger partial charge in [0.1, 0.15) is 11.6 Å². The first kappa shape index (κ1) is 20.5. The number of halogens is 3. The summed E-state index contributed by atoms with van der Waals surface area (Å²) in [7, 11) is 0. The van der Waals surface area contributed by atoms with Crippen LogP contribution in [0.5, 0.6) is 5.75 Å². The molecule has 4 aromatic rings. The maximum absolute atomic E-state index is 12.3. The number of hydrogen-bond acceptors (Lipinski definition) is 5. The number of hydrogen-bond donors (Lipinski definition) is 3. The second kappa shape index (κ2) is 8.15. The van der Waals surface area contributed by atoms with Crippen LogP contribution in [0.2, 0.25) is 0 Å². The van der Waals surface area contributed by atoms with Crippen molar-refractivity contribution in [2.75, 3.05) is 16.4 Å². The molecule has 0 radical (unpaired) electrons. The number of nitrogens with zero attached hydrogens (tertiary/aromatic N) is 1. The number of urea groups is 1. The van der Waals surface area contributed by atoms with Crippen molar-refractivity contribution >= 4 is 44.6 Å². The predicted molar refractivity (Wildman–Crippen MR) is 115 cm³/mol. The van der Waals surface area contributed by atoms with Crippen LogP contribution in [0.3, 0.4) is 0 Å². The first-order valence-electron chi connectivity index (χ1n) is 8.94. The van der Waals surface area contributed by atoms with Crippen LogP contribution >= 0.6 is 11.3 Å². The van der Waals surface area contributed by atoms with E-state index in [1.54, 1.807) is 29.7 Å². The fourth-order valence-corrected chi connectivity index (χ4v) is 3.99. The number of nitrogens with one attached hydrogen (secondary N) is 2. The summed E-state index contributed by atoms with van der Waals surface area (Å²) in [6.45, 7) is 0. The van der Waals surface area contributed by atoms with E-state index in [0.717, 1.165) is 33.3 Å². The second-order valence-corrected chi connectivity index (χ2v) is 7.36. The van der Waals surface area contributed by atoms with Gasteiger partial charge in [-0.25, -0.2) is 9.78 Å². The highest BCUT2D eigenvalue weighted by atomic mass is 32.1. The van der Waals surface area contributed by atoms with Crippen molar-refractivity contribution in [2.45, 2.75) is 6.36 Å². The lowest BCUT2D eigenvalue weighted by molar-refractivity contribution is -0.274. The molecule has 2 aromatic carbocycles. The number of anilines is 3. The molecule has 6 nitrogen and oxygen atoms in total. The van der Waals surface area contributed by atoms with Gasteiger partial charge in [0.15, 0.2) is 0 Å². The SMILES string of the molecule is Nc1nccc2scc(-c3ccc(NC(=O)Nc4cccc(OC(F)(F)F)c4)cc3)c12. The third-order valence-corrected chi connectivity index (χ3v) is 5.24. The molecule has 0 saturated heterocycles. The topological polar surface area (TPSA) is 89.3 Å². The Balaban J connectivity index is 1.45. The van der Waals surface area contributed by atoms with Crippen LogP contribution in [-0.4, -0.2) is 17.4 Å². The van der Waals surface area contributed by atoms with Crippen molar-refractivity contribution in [3.8, 4) is 16.9 Å². The molecule has 0 saturated carbocycles. The van der Waals surface area contributed by atoms with Crippen molar-refractivity contribution in [3.05, 3.63) is 66.2 Å². The molecule has 0 spiro atoms. The van der Waals surface area contributed by atoms with E-state index in [4.69, 9.17) is 5.73 Å². The van der Waals surface area contributed by atoms with Crippen LogP contribution in [0, 0.1) is 0 Å². The summed E-state index contributed by atoms with van der Waals surface area (Å²) in [4.78, 5) is 16.3. The number of nitrogen functional groups attached to an aromatic ring is 1. The number of fused-ring (bicyclic) bond motifs is 1. The highest BCUT2D eigenvalue weighted by molar-refractivity contribution is 7.17. The number of ether oxygens (including phenoxy) is 1. The lowest BCUT2D eigenvalue weighted by Crippen LogP contribution is -2.20. The van der Waals surface area contributed by atoms with Crippen LogP contribution in [0.15, 0.2) is 66.2 Å². The Hall–Kier alpha value is -3.79. The van der Waals surface area contributed by atoms with Crippen LogP contribution in [0.25, 0.3) is 21.2 Å². The molecule has 0 bridgehead atoms. The van der Waals surface area contributed by atoms with Crippen LogP contribution in [-0.2, 0) is 0 Å². The molecule has 2 aromatic heterocycles. The average Bonchev–Trinajstić information content (AvgIpc) is 3.13. The molecule has 4 rings (SSSR count). The number of benzene rings is 2. The highest BCUT2D eigenvalue weighted by Gasteiger charge is 2.31. The van der Waals surface area contributed by atoms with Crippen molar-refractivity contribution in [1.29, 1.82) is 0 Å². The minimum Gasteiger partial charge on any atom is -0.406 e. The van der Waals surface area contributed by atoms with Gasteiger partial charge in [0.25, 0.3) is 0 Å². The second-order valence-electron chi connectivity index (χ2n) is 6.45. The Morgan fingerprint density at radius 2 is 1.77 bits per heavy atom. The monoisotopic (exact) mass is 444 g/mol. The Labute approximate surface area is 178 Å². The van der Waals surface area contributed by atoms with Gasteiger partial charge in [0.2, 0.25) is 0 Å². The Morgan fingerprint density at radius 3 is 2.52 bits per heavy atom. The molecule has 0 unspecified atom stereocenters. The number of nitrogens with two attached hydrogens (primary N) is 1. The van der Waals surface area contributed by atoms with E-state index >= 15 is 0 Å². The van der Waals surface area contributed by atoms with Gasteiger partial charge in [-0.3, -0.25) is 0 Å². The zero-order valence-electron chi connectivity index (χ0n) is 15.7. The van der Waals surface area contributed by atoms with E-state index in [9.17, 15) is 18.0 Å². The van der Waals surface area contributed by atoms with Gasteiger partial charge in [-0.1, -0.05) is 18.2 Å². The first-order valence-corrected chi connectivity index (χ1v) is 9.82. The van der Waals surface area contributed by atoms with Gasteiger partial charge in [-0.05, 0) is 41.3 Å². The molecule has 0 aliphatic rings. The number of aromatic nitrogens is 1. The standard InChI is InChI=1S/C21H15F3N4O2S/c22-21(23,24)30-15-3-1-2-14(10-15)28-20(29)27-13-6-4-12(5-7-13)16-11-31-17-8-9-26-19(25)18(16)17/h1-11H,(H2,25,26)(H2,27,28,29). The molecule has 10 heteroatoms. The third-order valence-electron chi connectivity index (χ3n) is 4.29. The molecule has 4 N–H and O–H groups in total. The van der Waals surface area contributed by atoms with E-state index in [0.29, 0.717) is 11.5 Å². The minimum atomic E-state index is -4.81. The minimum absolute atomic E-state index is 0.156. The van der Waals surface area contributed by atoms with Gasteiger partial charge in [-0.2, -0.15) is 0 Å².